The maximum absolute atomic E-state index is 11.9. The Morgan fingerprint density at radius 1 is 0.968 bits per heavy atom. The van der Waals surface area contributed by atoms with Crippen LogP contribution in [0.1, 0.15) is 25.3 Å². The number of ether oxygens (including phenoxy) is 3. The SMILES string of the molecule is CCOc1cc(C=NNC(=O)CCC(=O)Nc2ccccc2)ccc1OCC(=O)OC. The van der Waals surface area contributed by atoms with Gasteiger partial charge in [-0.1, -0.05) is 18.2 Å². The summed E-state index contributed by atoms with van der Waals surface area (Å²) in [5, 5.41) is 6.61. The molecule has 0 saturated carbocycles. The van der Waals surface area contributed by atoms with Crippen LogP contribution in [0.15, 0.2) is 53.6 Å². The molecule has 2 aromatic carbocycles. The summed E-state index contributed by atoms with van der Waals surface area (Å²) in [5.74, 6) is -0.331. The Labute approximate surface area is 180 Å². The lowest BCUT2D eigenvalue weighted by atomic mass is 10.2. The number of hydrazone groups is 1. The van der Waals surface area contributed by atoms with Crippen LogP contribution in [-0.4, -0.2) is 44.3 Å². The number of carbonyl (C=O) groups excluding carboxylic acids is 3. The number of methoxy groups -OCH3 is 1. The molecule has 0 atom stereocenters. The van der Waals surface area contributed by atoms with Crippen molar-refractivity contribution in [1.29, 1.82) is 0 Å². The topological polar surface area (TPSA) is 115 Å². The Morgan fingerprint density at radius 3 is 2.42 bits per heavy atom. The molecule has 2 amide bonds. The van der Waals surface area contributed by atoms with Gasteiger partial charge in [-0.2, -0.15) is 5.10 Å². The fourth-order valence-electron chi connectivity index (χ4n) is 2.39. The summed E-state index contributed by atoms with van der Waals surface area (Å²) in [6.45, 7) is 1.98. The molecule has 0 aliphatic heterocycles. The molecule has 0 aromatic heterocycles. The molecule has 31 heavy (non-hydrogen) atoms. The van der Waals surface area contributed by atoms with Gasteiger partial charge in [-0.05, 0) is 42.8 Å². The van der Waals surface area contributed by atoms with Crippen LogP contribution >= 0.6 is 0 Å². The van der Waals surface area contributed by atoms with E-state index < -0.39 is 5.97 Å². The van der Waals surface area contributed by atoms with Crippen molar-refractivity contribution in [2.24, 2.45) is 5.10 Å². The zero-order valence-corrected chi connectivity index (χ0v) is 17.4. The van der Waals surface area contributed by atoms with Gasteiger partial charge in [0.2, 0.25) is 11.8 Å². The molecule has 0 heterocycles. The Morgan fingerprint density at radius 2 is 1.71 bits per heavy atom. The van der Waals surface area contributed by atoms with Gasteiger partial charge in [0.25, 0.3) is 0 Å². The summed E-state index contributed by atoms with van der Waals surface area (Å²) in [5.41, 5.74) is 3.71. The highest BCUT2D eigenvalue weighted by Crippen LogP contribution is 2.28. The van der Waals surface area contributed by atoms with Crippen LogP contribution < -0.4 is 20.2 Å². The summed E-state index contributed by atoms with van der Waals surface area (Å²) >= 11 is 0. The first-order valence-corrected chi connectivity index (χ1v) is 9.65. The number of hydrogen-bond donors (Lipinski definition) is 2. The van der Waals surface area contributed by atoms with Crippen LogP contribution in [0, 0.1) is 0 Å². The first-order chi connectivity index (χ1) is 15.0. The van der Waals surface area contributed by atoms with Crippen molar-refractivity contribution in [2.45, 2.75) is 19.8 Å². The van der Waals surface area contributed by atoms with Crippen LogP contribution in [0.2, 0.25) is 0 Å². The zero-order chi connectivity index (χ0) is 22.5. The molecule has 164 valence electrons. The summed E-state index contributed by atoms with van der Waals surface area (Å²) in [6.07, 6.45) is 1.48. The second-order valence-corrected chi connectivity index (χ2v) is 6.21. The molecule has 0 spiro atoms. The monoisotopic (exact) mass is 427 g/mol. The number of anilines is 1. The number of nitrogens with zero attached hydrogens (tertiary/aromatic N) is 1. The predicted octanol–water partition coefficient (Wildman–Crippen LogP) is 2.51. The van der Waals surface area contributed by atoms with Gasteiger partial charge in [0.05, 0.1) is 19.9 Å². The first-order valence-electron chi connectivity index (χ1n) is 9.65. The van der Waals surface area contributed by atoms with E-state index in [1.54, 1.807) is 30.3 Å². The van der Waals surface area contributed by atoms with Crippen molar-refractivity contribution in [3.05, 3.63) is 54.1 Å². The van der Waals surface area contributed by atoms with Gasteiger partial charge in [-0.3, -0.25) is 9.59 Å². The normalized spacial score (nSPS) is 10.4. The molecule has 0 bridgehead atoms. The summed E-state index contributed by atoms with van der Waals surface area (Å²) in [4.78, 5) is 35.0. The van der Waals surface area contributed by atoms with E-state index in [-0.39, 0.29) is 31.3 Å². The highest BCUT2D eigenvalue weighted by molar-refractivity contribution is 5.93. The molecule has 9 nitrogen and oxygen atoms in total. The van der Waals surface area contributed by atoms with Crippen molar-refractivity contribution >= 4 is 29.7 Å². The van der Waals surface area contributed by atoms with Crippen molar-refractivity contribution in [3.63, 3.8) is 0 Å². The summed E-state index contributed by atoms with van der Waals surface area (Å²) < 4.78 is 15.4. The number of esters is 1. The predicted molar refractivity (Wildman–Crippen MR) is 115 cm³/mol. The molecular weight excluding hydrogens is 402 g/mol. The van der Waals surface area contributed by atoms with Crippen LogP contribution in [0.4, 0.5) is 5.69 Å². The fourth-order valence-corrected chi connectivity index (χ4v) is 2.39. The van der Waals surface area contributed by atoms with E-state index >= 15 is 0 Å². The fraction of sp³-hybridized carbons (Fsp3) is 0.273. The average Bonchev–Trinajstić information content (AvgIpc) is 2.78. The smallest absolute Gasteiger partial charge is 0.343 e. The maximum Gasteiger partial charge on any atom is 0.343 e. The zero-order valence-electron chi connectivity index (χ0n) is 17.4. The molecule has 0 aliphatic rings. The lowest BCUT2D eigenvalue weighted by Gasteiger charge is -2.11. The van der Waals surface area contributed by atoms with Gasteiger partial charge < -0.3 is 19.5 Å². The molecule has 0 radical (unpaired) electrons. The minimum absolute atomic E-state index is 0.000505. The third-order valence-electron chi connectivity index (χ3n) is 3.88. The van der Waals surface area contributed by atoms with Gasteiger partial charge in [0.15, 0.2) is 18.1 Å². The number of carbonyl (C=O) groups is 3. The minimum atomic E-state index is -0.506. The van der Waals surface area contributed by atoms with E-state index in [0.29, 0.717) is 29.4 Å². The first kappa shape index (κ1) is 23.4. The van der Waals surface area contributed by atoms with Crippen molar-refractivity contribution in [2.75, 3.05) is 25.6 Å². The minimum Gasteiger partial charge on any atom is -0.490 e. The van der Waals surface area contributed by atoms with Crippen LogP contribution in [0.3, 0.4) is 0 Å². The van der Waals surface area contributed by atoms with Gasteiger partial charge in [-0.15, -0.1) is 0 Å². The number of para-hydroxylation sites is 1. The lowest BCUT2D eigenvalue weighted by molar-refractivity contribution is -0.143. The standard InChI is InChI=1S/C22H25N3O6/c1-3-30-19-13-16(9-10-18(19)31-15-22(28)29-2)14-23-25-21(27)12-11-20(26)24-17-7-5-4-6-8-17/h4-10,13-14H,3,11-12,15H2,1-2H3,(H,24,26)(H,25,27). The molecule has 2 aromatic rings. The molecule has 0 fully saturated rings. The van der Waals surface area contributed by atoms with E-state index in [1.807, 2.05) is 25.1 Å². The Hall–Kier alpha value is -3.88. The summed E-state index contributed by atoms with van der Waals surface area (Å²) in [6, 6.07) is 14.0. The Balaban J connectivity index is 1.83. The third-order valence-corrected chi connectivity index (χ3v) is 3.88. The third kappa shape index (κ3) is 8.57. The molecule has 2 N–H and O–H groups in total. The van der Waals surface area contributed by atoms with Gasteiger partial charge in [-0.25, -0.2) is 10.2 Å². The van der Waals surface area contributed by atoms with Crippen LogP contribution in [0.5, 0.6) is 11.5 Å². The van der Waals surface area contributed by atoms with E-state index in [4.69, 9.17) is 9.47 Å². The average molecular weight is 427 g/mol. The van der Waals surface area contributed by atoms with Crippen molar-refractivity contribution < 1.29 is 28.6 Å². The molecular formula is C22H25N3O6. The Bertz CT molecular complexity index is 915. The number of rotatable bonds is 11. The maximum atomic E-state index is 11.9. The Kier molecular flexibility index (Phi) is 9.54. The van der Waals surface area contributed by atoms with Crippen molar-refractivity contribution in [3.8, 4) is 11.5 Å². The quantitative estimate of drug-likeness (QED) is 0.323. The van der Waals surface area contributed by atoms with Crippen LogP contribution in [-0.2, 0) is 19.1 Å². The van der Waals surface area contributed by atoms with E-state index in [2.05, 4.69) is 20.6 Å². The molecule has 0 saturated heterocycles. The van der Waals surface area contributed by atoms with E-state index in [1.165, 1.54) is 13.3 Å². The number of amides is 2. The van der Waals surface area contributed by atoms with Gasteiger partial charge >= 0.3 is 5.97 Å². The van der Waals surface area contributed by atoms with Crippen molar-refractivity contribution in [1.82, 2.24) is 5.43 Å². The van der Waals surface area contributed by atoms with Gasteiger partial charge in [0.1, 0.15) is 0 Å². The number of nitrogens with one attached hydrogen (secondary N) is 2. The molecule has 0 aliphatic carbocycles. The number of benzene rings is 2. The highest BCUT2D eigenvalue weighted by atomic mass is 16.6. The largest absolute Gasteiger partial charge is 0.490 e. The van der Waals surface area contributed by atoms with E-state index in [0.717, 1.165) is 0 Å². The van der Waals surface area contributed by atoms with E-state index in [9.17, 15) is 14.4 Å². The highest BCUT2D eigenvalue weighted by Gasteiger charge is 2.09. The second kappa shape index (κ2) is 12.6. The summed E-state index contributed by atoms with van der Waals surface area (Å²) in [7, 11) is 1.28. The lowest BCUT2D eigenvalue weighted by Crippen LogP contribution is -2.20. The van der Waals surface area contributed by atoms with Crippen LogP contribution in [0.25, 0.3) is 0 Å². The van der Waals surface area contributed by atoms with Gasteiger partial charge in [0, 0.05) is 18.5 Å². The second-order valence-electron chi connectivity index (χ2n) is 6.21. The molecule has 2 rings (SSSR count). The molecule has 9 heteroatoms. The number of hydrogen-bond acceptors (Lipinski definition) is 7. The molecule has 0 unspecified atom stereocenters.